The van der Waals surface area contributed by atoms with Gasteiger partial charge in [0.1, 0.15) is 12.2 Å². The minimum absolute atomic E-state index is 0.0511. The van der Waals surface area contributed by atoms with Crippen molar-refractivity contribution in [2.45, 2.75) is 77.0 Å². The summed E-state index contributed by atoms with van der Waals surface area (Å²) >= 11 is 0. The van der Waals surface area contributed by atoms with Crippen molar-refractivity contribution in [2.24, 2.45) is 0 Å². The molecule has 1 unspecified atom stereocenters. The highest BCUT2D eigenvalue weighted by atomic mass is 16.5. The van der Waals surface area contributed by atoms with Gasteiger partial charge in [-0.15, -0.1) is 0 Å². The quantitative estimate of drug-likeness (QED) is 0.785. The number of rotatable bonds is 7. The van der Waals surface area contributed by atoms with Gasteiger partial charge in [0.25, 0.3) is 0 Å². The number of ether oxygens (including phenoxy) is 1. The smallest absolute Gasteiger partial charge is 0.138 e. The lowest BCUT2D eigenvalue weighted by molar-refractivity contribution is -0.0757. The van der Waals surface area contributed by atoms with Crippen molar-refractivity contribution in [3.63, 3.8) is 0 Å². The van der Waals surface area contributed by atoms with Crippen LogP contribution in [0.4, 0.5) is 0 Å². The van der Waals surface area contributed by atoms with E-state index in [1.54, 1.807) is 6.33 Å². The molecule has 0 spiro atoms. The van der Waals surface area contributed by atoms with Gasteiger partial charge in [0.2, 0.25) is 0 Å². The first-order valence-corrected chi connectivity index (χ1v) is 8.43. The van der Waals surface area contributed by atoms with Gasteiger partial charge in [-0.1, -0.05) is 25.7 Å². The van der Waals surface area contributed by atoms with Crippen molar-refractivity contribution < 1.29 is 4.74 Å². The van der Waals surface area contributed by atoms with Crippen LogP contribution in [0.25, 0.3) is 0 Å². The standard InChI is InChI=1S/C16H30N4O/c1-4-20-15(18-13-19-20)12-14(17-3)16(21-5-2)10-8-6-7-9-11-16/h13-14,17H,4-12H2,1-3H3. The van der Waals surface area contributed by atoms with Crippen molar-refractivity contribution in [1.29, 1.82) is 0 Å². The van der Waals surface area contributed by atoms with E-state index in [0.29, 0.717) is 6.04 Å². The summed E-state index contributed by atoms with van der Waals surface area (Å²) in [4.78, 5) is 4.44. The van der Waals surface area contributed by atoms with Gasteiger partial charge in [-0.3, -0.25) is 4.68 Å². The van der Waals surface area contributed by atoms with Gasteiger partial charge in [0.15, 0.2) is 0 Å². The first kappa shape index (κ1) is 16.4. The van der Waals surface area contributed by atoms with E-state index in [9.17, 15) is 0 Å². The summed E-state index contributed by atoms with van der Waals surface area (Å²) in [6, 6.07) is 0.296. The Morgan fingerprint density at radius 2 is 2.00 bits per heavy atom. The summed E-state index contributed by atoms with van der Waals surface area (Å²) in [5.74, 6) is 1.06. The highest BCUT2D eigenvalue weighted by molar-refractivity contribution is 5.00. The summed E-state index contributed by atoms with van der Waals surface area (Å²) in [5.41, 5.74) is -0.0511. The van der Waals surface area contributed by atoms with E-state index in [0.717, 1.165) is 38.2 Å². The van der Waals surface area contributed by atoms with E-state index in [2.05, 4.69) is 29.2 Å². The van der Waals surface area contributed by atoms with Crippen LogP contribution in [-0.4, -0.2) is 40.1 Å². The lowest BCUT2D eigenvalue weighted by atomic mass is 9.84. The van der Waals surface area contributed by atoms with Gasteiger partial charge in [-0.25, -0.2) is 4.98 Å². The number of nitrogens with zero attached hydrogens (tertiary/aromatic N) is 3. The van der Waals surface area contributed by atoms with Gasteiger partial charge in [0, 0.05) is 25.6 Å². The number of aromatic nitrogens is 3. The second-order valence-corrected chi connectivity index (χ2v) is 5.95. The molecule has 0 radical (unpaired) electrons. The molecular weight excluding hydrogens is 264 g/mol. The molecule has 1 atom stereocenters. The van der Waals surface area contributed by atoms with Crippen molar-refractivity contribution in [1.82, 2.24) is 20.1 Å². The molecule has 1 saturated carbocycles. The summed E-state index contributed by atoms with van der Waals surface area (Å²) in [5, 5.41) is 7.80. The Morgan fingerprint density at radius 1 is 1.29 bits per heavy atom. The van der Waals surface area contributed by atoms with Crippen LogP contribution in [0.1, 0.15) is 58.2 Å². The second-order valence-electron chi connectivity index (χ2n) is 5.95. The Bertz CT molecular complexity index is 410. The average Bonchev–Trinajstić information content (AvgIpc) is 2.82. The molecule has 0 saturated heterocycles. The third kappa shape index (κ3) is 3.83. The summed E-state index contributed by atoms with van der Waals surface area (Å²) < 4.78 is 8.29. The molecule has 0 aromatic carbocycles. The molecule has 0 bridgehead atoms. The molecule has 1 aliphatic rings. The van der Waals surface area contributed by atoms with Gasteiger partial charge < -0.3 is 10.1 Å². The molecule has 0 aliphatic heterocycles. The van der Waals surface area contributed by atoms with Gasteiger partial charge in [-0.05, 0) is 33.7 Å². The van der Waals surface area contributed by atoms with E-state index >= 15 is 0 Å². The maximum Gasteiger partial charge on any atom is 0.138 e. The van der Waals surface area contributed by atoms with Crippen LogP contribution in [0.5, 0.6) is 0 Å². The Balaban J connectivity index is 2.18. The lowest BCUT2D eigenvalue weighted by Crippen LogP contribution is -2.53. The Morgan fingerprint density at radius 3 is 2.57 bits per heavy atom. The average molecular weight is 294 g/mol. The van der Waals surface area contributed by atoms with Crippen molar-refractivity contribution >= 4 is 0 Å². The van der Waals surface area contributed by atoms with Crippen LogP contribution in [0.2, 0.25) is 0 Å². The maximum absolute atomic E-state index is 6.31. The normalized spacial score (nSPS) is 20.1. The molecule has 5 nitrogen and oxygen atoms in total. The first-order chi connectivity index (χ1) is 10.3. The molecule has 0 amide bonds. The first-order valence-electron chi connectivity index (χ1n) is 8.43. The largest absolute Gasteiger partial charge is 0.374 e. The second kappa shape index (κ2) is 7.90. The number of aryl methyl sites for hydroxylation is 1. The summed E-state index contributed by atoms with van der Waals surface area (Å²) in [7, 11) is 2.04. The highest BCUT2D eigenvalue weighted by Gasteiger charge is 2.39. The molecule has 1 aromatic rings. The van der Waals surface area contributed by atoms with Crippen LogP contribution in [-0.2, 0) is 17.7 Å². The summed E-state index contributed by atoms with van der Waals surface area (Å²) in [6.07, 6.45) is 10.0. The predicted molar refractivity (Wildman–Crippen MR) is 84.3 cm³/mol. The van der Waals surface area contributed by atoms with Gasteiger partial charge >= 0.3 is 0 Å². The monoisotopic (exact) mass is 294 g/mol. The molecular formula is C16H30N4O. The van der Waals surface area contributed by atoms with Crippen LogP contribution < -0.4 is 5.32 Å². The molecule has 2 rings (SSSR count). The molecule has 1 N–H and O–H groups in total. The molecule has 120 valence electrons. The molecule has 1 fully saturated rings. The lowest BCUT2D eigenvalue weighted by Gasteiger charge is -2.40. The zero-order valence-corrected chi connectivity index (χ0v) is 13.8. The highest BCUT2D eigenvalue weighted by Crippen LogP contribution is 2.34. The number of likely N-dealkylation sites (N-methyl/N-ethyl adjacent to an activating group) is 1. The van der Waals surface area contributed by atoms with Gasteiger partial charge in [0.05, 0.1) is 5.60 Å². The van der Waals surface area contributed by atoms with Crippen molar-refractivity contribution in [3.8, 4) is 0 Å². The molecule has 1 aliphatic carbocycles. The van der Waals surface area contributed by atoms with E-state index < -0.39 is 0 Å². The fourth-order valence-corrected chi connectivity index (χ4v) is 3.65. The van der Waals surface area contributed by atoms with Crippen LogP contribution >= 0.6 is 0 Å². The molecule has 21 heavy (non-hydrogen) atoms. The Labute approximate surface area is 128 Å². The van der Waals surface area contributed by atoms with Crippen LogP contribution in [0.15, 0.2) is 6.33 Å². The fraction of sp³-hybridized carbons (Fsp3) is 0.875. The van der Waals surface area contributed by atoms with E-state index in [1.165, 1.54) is 25.7 Å². The zero-order chi connectivity index (χ0) is 15.1. The van der Waals surface area contributed by atoms with E-state index in [-0.39, 0.29) is 5.60 Å². The number of hydrogen-bond donors (Lipinski definition) is 1. The minimum Gasteiger partial charge on any atom is -0.374 e. The molecule has 5 heteroatoms. The maximum atomic E-state index is 6.31. The minimum atomic E-state index is -0.0511. The number of nitrogens with one attached hydrogen (secondary N) is 1. The predicted octanol–water partition coefficient (Wildman–Crippen LogP) is 2.56. The Kier molecular flexibility index (Phi) is 6.18. The molecule has 1 heterocycles. The fourth-order valence-electron chi connectivity index (χ4n) is 3.65. The number of hydrogen-bond acceptors (Lipinski definition) is 4. The van der Waals surface area contributed by atoms with Crippen molar-refractivity contribution in [3.05, 3.63) is 12.2 Å². The van der Waals surface area contributed by atoms with E-state index in [4.69, 9.17) is 4.74 Å². The third-order valence-corrected chi connectivity index (χ3v) is 4.75. The van der Waals surface area contributed by atoms with Gasteiger partial charge in [-0.2, -0.15) is 5.10 Å². The van der Waals surface area contributed by atoms with Crippen LogP contribution in [0.3, 0.4) is 0 Å². The summed E-state index contributed by atoms with van der Waals surface area (Å²) in [6.45, 7) is 5.86. The zero-order valence-electron chi connectivity index (χ0n) is 13.8. The SMILES string of the molecule is CCOC1(C(Cc2ncnn2CC)NC)CCCCCC1. The van der Waals surface area contributed by atoms with E-state index in [1.807, 2.05) is 11.7 Å². The van der Waals surface area contributed by atoms with Crippen LogP contribution in [0, 0.1) is 0 Å². The van der Waals surface area contributed by atoms with Crippen molar-refractivity contribution in [2.75, 3.05) is 13.7 Å². The molecule has 1 aromatic heterocycles. The Hall–Kier alpha value is -0.940. The topological polar surface area (TPSA) is 52.0 Å². The third-order valence-electron chi connectivity index (χ3n) is 4.75.